The molecule has 3 rings (SSSR count). The lowest BCUT2D eigenvalue weighted by Crippen LogP contribution is -2.54. The molecule has 1 saturated heterocycles. The van der Waals surface area contributed by atoms with Crippen molar-refractivity contribution in [2.75, 3.05) is 32.1 Å². The number of carbonyl (C=O) groups excluding carboxylic acids is 3. The van der Waals surface area contributed by atoms with Crippen LogP contribution in [0.2, 0.25) is 5.02 Å². The van der Waals surface area contributed by atoms with Crippen molar-refractivity contribution in [2.24, 2.45) is 0 Å². The van der Waals surface area contributed by atoms with E-state index in [0.717, 1.165) is 11.1 Å². The Hall–Kier alpha value is -3.17. The maximum absolute atomic E-state index is 12.9. The van der Waals surface area contributed by atoms with Crippen LogP contribution >= 0.6 is 11.6 Å². The zero-order chi connectivity index (χ0) is 27.5. The highest BCUT2D eigenvalue weighted by Gasteiger charge is 2.31. The lowest BCUT2D eigenvalue weighted by Gasteiger charge is -2.40. The van der Waals surface area contributed by atoms with E-state index < -0.39 is 11.6 Å². The third-order valence-corrected chi connectivity index (χ3v) is 6.59. The van der Waals surface area contributed by atoms with Gasteiger partial charge in [0.05, 0.1) is 29.0 Å². The van der Waals surface area contributed by atoms with Gasteiger partial charge in [-0.15, -0.1) is 0 Å². The number of methoxy groups -OCH3 is 1. The van der Waals surface area contributed by atoms with Gasteiger partial charge in [0.2, 0.25) is 0 Å². The molecule has 1 aliphatic heterocycles. The van der Waals surface area contributed by atoms with Gasteiger partial charge in [-0.05, 0) is 70.9 Å². The lowest BCUT2D eigenvalue weighted by molar-refractivity contribution is 0.000502. The van der Waals surface area contributed by atoms with E-state index in [1.165, 1.54) is 13.3 Å². The fourth-order valence-electron chi connectivity index (χ4n) is 4.14. The quantitative estimate of drug-likeness (QED) is 0.552. The summed E-state index contributed by atoms with van der Waals surface area (Å²) in [7, 11) is 1.32. The summed E-state index contributed by atoms with van der Waals surface area (Å²) in [4.78, 5) is 46.0. The number of nitrogens with zero attached hydrogens (tertiary/aromatic N) is 3. The zero-order valence-corrected chi connectivity index (χ0v) is 23.2. The number of piperazine rings is 1. The number of rotatable bonds is 5. The molecule has 1 fully saturated rings. The molecule has 0 aliphatic carbocycles. The third-order valence-electron chi connectivity index (χ3n) is 6.21. The van der Waals surface area contributed by atoms with Crippen LogP contribution in [0.15, 0.2) is 24.4 Å². The normalized spacial score (nSPS) is 16.3. The van der Waals surface area contributed by atoms with Gasteiger partial charge in [-0.2, -0.15) is 0 Å². The average Bonchev–Trinajstić information content (AvgIpc) is 2.81. The first-order valence-corrected chi connectivity index (χ1v) is 12.5. The van der Waals surface area contributed by atoms with Gasteiger partial charge < -0.3 is 19.7 Å². The smallest absolute Gasteiger partial charge is 0.410 e. The van der Waals surface area contributed by atoms with Crippen LogP contribution in [0.25, 0.3) is 0 Å². The second-order valence-corrected chi connectivity index (χ2v) is 10.7. The van der Waals surface area contributed by atoms with Gasteiger partial charge in [0.25, 0.3) is 5.91 Å². The first kappa shape index (κ1) is 28.4. The van der Waals surface area contributed by atoms with Crippen molar-refractivity contribution in [2.45, 2.75) is 59.7 Å². The van der Waals surface area contributed by atoms with Crippen LogP contribution in [0.1, 0.15) is 65.2 Å². The Morgan fingerprint density at radius 3 is 2.43 bits per heavy atom. The number of amides is 2. The van der Waals surface area contributed by atoms with E-state index in [-0.39, 0.29) is 18.0 Å². The fraction of sp³-hybridized carbons (Fsp3) is 0.481. The van der Waals surface area contributed by atoms with E-state index in [4.69, 9.17) is 21.1 Å². The number of hydrogen-bond acceptors (Lipinski definition) is 7. The van der Waals surface area contributed by atoms with E-state index in [9.17, 15) is 14.4 Å². The fourth-order valence-corrected chi connectivity index (χ4v) is 4.30. The van der Waals surface area contributed by atoms with Gasteiger partial charge in [-0.25, -0.2) is 9.59 Å². The molecule has 2 heterocycles. The molecule has 1 atom stereocenters. The van der Waals surface area contributed by atoms with Crippen molar-refractivity contribution in [3.8, 4) is 0 Å². The highest BCUT2D eigenvalue weighted by atomic mass is 35.5. The molecule has 10 heteroatoms. The van der Waals surface area contributed by atoms with Crippen LogP contribution in [0, 0.1) is 13.8 Å². The van der Waals surface area contributed by atoms with Crippen molar-refractivity contribution >= 4 is 35.3 Å². The second kappa shape index (κ2) is 11.5. The third kappa shape index (κ3) is 7.20. The maximum Gasteiger partial charge on any atom is 0.410 e. The van der Waals surface area contributed by atoms with Gasteiger partial charge in [-0.1, -0.05) is 11.6 Å². The van der Waals surface area contributed by atoms with Gasteiger partial charge in [0, 0.05) is 44.1 Å². The average molecular weight is 531 g/mol. The highest BCUT2D eigenvalue weighted by molar-refractivity contribution is 6.31. The molecule has 1 aromatic carbocycles. The van der Waals surface area contributed by atoms with Gasteiger partial charge in [-0.3, -0.25) is 14.7 Å². The zero-order valence-electron chi connectivity index (χ0n) is 22.5. The summed E-state index contributed by atoms with van der Waals surface area (Å²) in [5.41, 5.74) is 2.92. The number of hydrogen-bond donors (Lipinski definition) is 1. The molecule has 0 saturated carbocycles. The Bertz CT molecular complexity index is 1190. The molecular weight excluding hydrogens is 496 g/mol. The summed E-state index contributed by atoms with van der Waals surface area (Å²) >= 11 is 6.14. The summed E-state index contributed by atoms with van der Waals surface area (Å²) < 4.78 is 10.5. The number of pyridine rings is 1. The van der Waals surface area contributed by atoms with Gasteiger partial charge in [0.15, 0.2) is 0 Å². The number of aryl methyl sites for hydroxylation is 1. The van der Waals surface area contributed by atoms with Crippen molar-refractivity contribution in [3.63, 3.8) is 0 Å². The molecule has 0 bridgehead atoms. The number of nitrogens with one attached hydrogen (secondary N) is 1. The van der Waals surface area contributed by atoms with Gasteiger partial charge >= 0.3 is 12.1 Å². The first-order chi connectivity index (χ1) is 17.3. The summed E-state index contributed by atoms with van der Waals surface area (Å²) in [6.07, 6.45) is 1.14. The molecule has 1 N–H and O–H groups in total. The van der Waals surface area contributed by atoms with Crippen molar-refractivity contribution in [1.29, 1.82) is 0 Å². The number of anilines is 1. The molecule has 9 nitrogen and oxygen atoms in total. The van der Waals surface area contributed by atoms with E-state index in [1.54, 1.807) is 30.0 Å². The number of esters is 1. The van der Waals surface area contributed by atoms with Crippen molar-refractivity contribution in [1.82, 2.24) is 14.8 Å². The predicted molar refractivity (Wildman–Crippen MR) is 142 cm³/mol. The summed E-state index contributed by atoms with van der Waals surface area (Å²) in [6.45, 7) is 13.5. The molecule has 0 unspecified atom stereocenters. The number of carbonyl (C=O) groups is 3. The monoisotopic (exact) mass is 530 g/mol. The minimum Gasteiger partial charge on any atom is -0.465 e. The Kier molecular flexibility index (Phi) is 8.81. The van der Waals surface area contributed by atoms with Crippen molar-refractivity contribution < 1.29 is 23.9 Å². The molecule has 200 valence electrons. The minimum atomic E-state index is -0.555. The van der Waals surface area contributed by atoms with Crippen LogP contribution in [-0.2, 0) is 16.0 Å². The van der Waals surface area contributed by atoms with Gasteiger partial charge in [0.1, 0.15) is 5.60 Å². The molecule has 37 heavy (non-hydrogen) atoms. The van der Waals surface area contributed by atoms with E-state index >= 15 is 0 Å². The molecule has 1 aromatic heterocycles. The second-order valence-electron chi connectivity index (χ2n) is 10.3. The predicted octanol–water partition coefficient (Wildman–Crippen LogP) is 4.83. The molecule has 0 spiro atoms. The molecular formula is C27H35ClN4O5. The summed E-state index contributed by atoms with van der Waals surface area (Å²) in [5.74, 6) is -0.884. The minimum absolute atomic E-state index is 0.0503. The molecule has 1 aliphatic rings. The van der Waals surface area contributed by atoms with Crippen LogP contribution in [0.4, 0.5) is 10.5 Å². The number of benzene rings is 1. The topological polar surface area (TPSA) is 101 Å². The highest BCUT2D eigenvalue weighted by Crippen LogP contribution is 2.26. The Labute approximate surface area is 223 Å². The Morgan fingerprint density at radius 2 is 1.84 bits per heavy atom. The first-order valence-electron chi connectivity index (χ1n) is 12.2. The van der Waals surface area contributed by atoms with E-state index in [2.05, 4.69) is 15.2 Å². The molecule has 2 aromatic rings. The van der Waals surface area contributed by atoms with Crippen LogP contribution in [-0.4, -0.2) is 71.1 Å². The Balaban J connectivity index is 1.81. The standard InChI is InChI=1S/C27H35ClN4O5/c1-16-14-31(8-9-32(16)26(35)37-27(4,5)6)15-21-10-19(25(34)36-7)12-23(17(21)2)30-24(33)20-11-22(28)18(3)29-13-20/h10-13,16H,8-9,14-15H2,1-7H3,(H,30,33)/t16-/m0/s1. The van der Waals surface area contributed by atoms with Crippen LogP contribution in [0.3, 0.4) is 0 Å². The maximum atomic E-state index is 12.9. The SMILES string of the molecule is COC(=O)c1cc(CN2CCN(C(=O)OC(C)(C)C)[C@@H](C)C2)c(C)c(NC(=O)c2cnc(C)c(Cl)c2)c1. The van der Waals surface area contributed by atoms with Crippen LogP contribution < -0.4 is 5.32 Å². The number of aromatic nitrogens is 1. The van der Waals surface area contributed by atoms with Crippen molar-refractivity contribution in [3.05, 3.63) is 57.4 Å². The van der Waals surface area contributed by atoms with Crippen LogP contribution in [0.5, 0.6) is 0 Å². The number of ether oxygens (including phenoxy) is 2. The molecule has 2 amide bonds. The lowest BCUT2D eigenvalue weighted by atomic mass is 10.0. The summed E-state index contributed by atoms with van der Waals surface area (Å²) in [6, 6.07) is 4.90. The van der Waals surface area contributed by atoms with E-state index in [1.807, 2.05) is 34.6 Å². The largest absolute Gasteiger partial charge is 0.465 e. The molecule has 0 radical (unpaired) electrons. The number of halogens is 1. The van der Waals surface area contributed by atoms with E-state index in [0.29, 0.717) is 53.7 Å². The summed E-state index contributed by atoms with van der Waals surface area (Å²) in [5, 5.41) is 3.29. The Morgan fingerprint density at radius 1 is 1.14 bits per heavy atom.